The van der Waals surface area contributed by atoms with Gasteiger partial charge in [0.05, 0.1) is 4.88 Å². The molecule has 2 heterocycles. The summed E-state index contributed by atoms with van der Waals surface area (Å²) in [6, 6.07) is 10.8. The van der Waals surface area contributed by atoms with Gasteiger partial charge in [-0.15, -0.1) is 11.3 Å². The summed E-state index contributed by atoms with van der Waals surface area (Å²) in [6.45, 7) is 0. The van der Waals surface area contributed by atoms with Crippen molar-refractivity contribution in [3.8, 4) is 0 Å². The van der Waals surface area contributed by atoms with Crippen LogP contribution in [0.25, 0.3) is 10.9 Å². The number of fused-ring (bicyclic) bond motifs is 1. The van der Waals surface area contributed by atoms with Gasteiger partial charge in [0.1, 0.15) is 5.69 Å². The summed E-state index contributed by atoms with van der Waals surface area (Å²) in [5, 5.41) is 5.55. The lowest BCUT2D eigenvalue weighted by molar-refractivity contribution is 0.0991. The molecule has 0 aliphatic heterocycles. The van der Waals surface area contributed by atoms with Crippen LogP contribution in [0.1, 0.15) is 20.2 Å². The van der Waals surface area contributed by atoms with Crippen LogP contribution in [0.5, 0.6) is 0 Å². The molecule has 0 spiro atoms. The van der Waals surface area contributed by atoms with Gasteiger partial charge < -0.3 is 15.6 Å². The average molecular weight is 299 g/mol. The minimum absolute atomic E-state index is 0.143. The fourth-order valence-corrected chi connectivity index (χ4v) is 2.88. The highest BCUT2D eigenvalue weighted by Gasteiger charge is 2.12. The lowest BCUT2D eigenvalue weighted by Gasteiger charge is -2.04. The number of carbonyl (C=O) groups excluding carboxylic acids is 2. The number of hydrogen-bond donors (Lipinski definition) is 2. The molecule has 2 aromatic heterocycles. The predicted octanol–water partition coefficient (Wildman–Crippen LogP) is 2.59. The first kappa shape index (κ1) is 13.4. The molecule has 3 rings (SSSR count). The quantitative estimate of drug-likeness (QED) is 0.780. The molecule has 0 radical (unpaired) electrons. The number of aryl methyl sites for hydroxylation is 1. The minimum atomic E-state index is -0.474. The number of nitrogens with one attached hydrogen (secondary N) is 1. The standard InChI is InChI=1S/C15H13N3O2S/c1-18-11-5-4-10(7-9(11)8-12(18)14(16)19)17-15(20)13-3-2-6-21-13/h2-8H,1H3,(H2,16,19)(H,17,20). The van der Waals surface area contributed by atoms with Crippen molar-refractivity contribution in [2.75, 3.05) is 5.32 Å². The van der Waals surface area contributed by atoms with Crippen LogP contribution in [-0.2, 0) is 7.05 Å². The molecule has 3 N–H and O–H groups in total. The van der Waals surface area contributed by atoms with Crippen LogP contribution in [0.4, 0.5) is 5.69 Å². The van der Waals surface area contributed by atoms with Crippen LogP contribution in [0, 0.1) is 0 Å². The highest BCUT2D eigenvalue weighted by Crippen LogP contribution is 2.23. The lowest BCUT2D eigenvalue weighted by atomic mass is 10.2. The molecule has 106 valence electrons. The monoisotopic (exact) mass is 299 g/mol. The third kappa shape index (κ3) is 2.41. The number of aromatic nitrogens is 1. The second kappa shape index (κ2) is 5.06. The molecular formula is C15H13N3O2S. The van der Waals surface area contributed by atoms with Crippen molar-refractivity contribution in [2.45, 2.75) is 0 Å². The molecule has 0 saturated heterocycles. The summed E-state index contributed by atoms with van der Waals surface area (Å²) in [6.07, 6.45) is 0. The first-order valence-corrected chi connectivity index (χ1v) is 7.18. The van der Waals surface area contributed by atoms with E-state index in [1.165, 1.54) is 11.3 Å². The van der Waals surface area contributed by atoms with E-state index in [0.29, 0.717) is 16.3 Å². The molecule has 21 heavy (non-hydrogen) atoms. The first-order valence-electron chi connectivity index (χ1n) is 6.30. The summed E-state index contributed by atoms with van der Waals surface area (Å²) in [5.74, 6) is -0.617. The molecule has 6 heteroatoms. The summed E-state index contributed by atoms with van der Waals surface area (Å²) >= 11 is 1.39. The molecule has 0 fully saturated rings. The van der Waals surface area contributed by atoms with Crippen molar-refractivity contribution in [2.24, 2.45) is 12.8 Å². The maximum Gasteiger partial charge on any atom is 0.265 e. The van der Waals surface area contributed by atoms with Crippen molar-refractivity contribution >= 4 is 39.7 Å². The lowest BCUT2D eigenvalue weighted by Crippen LogP contribution is -2.14. The highest BCUT2D eigenvalue weighted by atomic mass is 32.1. The first-order chi connectivity index (χ1) is 10.1. The Balaban J connectivity index is 1.94. The summed E-state index contributed by atoms with van der Waals surface area (Å²) in [4.78, 5) is 24.0. The Morgan fingerprint density at radius 3 is 2.71 bits per heavy atom. The van der Waals surface area contributed by atoms with E-state index in [1.807, 2.05) is 23.6 Å². The number of thiophene rings is 1. The molecule has 0 unspecified atom stereocenters. The largest absolute Gasteiger partial charge is 0.364 e. The van der Waals surface area contributed by atoms with Gasteiger partial charge in [-0.05, 0) is 35.7 Å². The third-order valence-corrected chi connectivity index (χ3v) is 4.17. The maximum atomic E-state index is 12.0. The van der Waals surface area contributed by atoms with Crippen LogP contribution in [-0.4, -0.2) is 16.4 Å². The molecule has 1 aromatic carbocycles. The SMILES string of the molecule is Cn1c(C(N)=O)cc2cc(NC(=O)c3cccs3)ccc21. The van der Waals surface area contributed by atoms with Crippen molar-refractivity contribution in [1.29, 1.82) is 0 Å². The van der Waals surface area contributed by atoms with Gasteiger partial charge in [0.25, 0.3) is 11.8 Å². The fourth-order valence-electron chi connectivity index (χ4n) is 2.26. The van der Waals surface area contributed by atoms with Gasteiger partial charge in [-0.1, -0.05) is 6.07 Å². The van der Waals surface area contributed by atoms with E-state index in [0.717, 1.165) is 10.9 Å². The molecule has 0 saturated carbocycles. The number of benzene rings is 1. The summed E-state index contributed by atoms with van der Waals surface area (Å²) in [7, 11) is 1.78. The van der Waals surface area contributed by atoms with Crippen LogP contribution >= 0.6 is 11.3 Å². The molecule has 5 nitrogen and oxygen atoms in total. The zero-order chi connectivity index (χ0) is 15.0. The Hall–Kier alpha value is -2.60. The zero-order valence-corrected chi connectivity index (χ0v) is 12.1. The highest BCUT2D eigenvalue weighted by molar-refractivity contribution is 7.12. The summed E-state index contributed by atoms with van der Waals surface area (Å²) < 4.78 is 1.74. The van der Waals surface area contributed by atoms with E-state index in [4.69, 9.17) is 5.73 Å². The van der Waals surface area contributed by atoms with Crippen molar-refractivity contribution in [1.82, 2.24) is 4.57 Å². The number of carbonyl (C=O) groups is 2. The van der Waals surface area contributed by atoms with E-state index >= 15 is 0 Å². The zero-order valence-electron chi connectivity index (χ0n) is 11.3. The molecule has 0 bridgehead atoms. The summed E-state index contributed by atoms with van der Waals surface area (Å²) in [5.41, 5.74) is 7.34. The number of primary amides is 1. The van der Waals surface area contributed by atoms with Crippen LogP contribution < -0.4 is 11.1 Å². The van der Waals surface area contributed by atoms with E-state index in [1.54, 1.807) is 29.8 Å². The molecule has 0 aliphatic carbocycles. The second-order valence-electron chi connectivity index (χ2n) is 4.66. The number of amides is 2. The van der Waals surface area contributed by atoms with Gasteiger partial charge in [-0.3, -0.25) is 9.59 Å². The Kier molecular flexibility index (Phi) is 3.23. The van der Waals surface area contributed by atoms with E-state index < -0.39 is 5.91 Å². The second-order valence-corrected chi connectivity index (χ2v) is 5.61. The molecular weight excluding hydrogens is 286 g/mol. The van der Waals surface area contributed by atoms with E-state index in [2.05, 4.69) is 5.32 Å². The topological polar surface area (TPSA) is 77.1 Å². The minimum Gasteiger partial charge on any atom is -0.364 e. The Morgan fingerprint density at radius 1 is 1.24 bits per heavy atom. The number of anilines is 1. The van der Waals surface area contributed by atoms with Crippen LogP contribution in [0.2, 0.25) is 0 Å². The van der Waals surface area contributed by atoms with Crippen LogP contribution in [0.3, 0.4) is 0 Å². The van der Waals surface area contributed by atoms with Gasteiger partial charge in [0, 0.05) is 23.6 Å². The van der Waals surface area contributed by atoms with Gasteiger partial charge in [-0.2, -0.15) is 0 Å². The molecule has 3 aromatic rings. The van der Waals surface area contributed by atoms with E-state index in [-0.39, 0.29) is 5.91 Å². The van der Waals surface area contributed by atoms with Gasteiger partial charge in [0.2, 0.25) is 0 Å². The smallest absolute Gasteiger partial charge is 0.265 e. The average Bonchev–Trinajstić information content (AvgIpc) is 3.07. The molecule has 0 aliphatic rings. The van der Waals surface area contributed by atoms with E-state index in [9.17, 15) is 9.59 Å². The Morgan fingerprint density at radius 2 is 2.05 bits per heavy atom. The van der Waals surface area contributed by atoms with Gasteiger partial charge in [0.15, 0.2) is 0 Å². The normalized spacial score (nSPS) is 10.7. The van der Waals surface area contributed by atoms with Crippen molar-refractivity contribution < 1.29 is 9.59 Å². The number of nitrogens with two attached hydrogens (primary N) is 1. The predicted molar refractivity (Wildman–Crippen MR) is 83.7 cm³/mol. The van der Waals surface area contributed by atoms with Gasteiger partial charge >= 0.3 is 0 Å². The fraction of sp³-hybridized carbons (Fsp3) is 0.0667. The van der Waals surface area contributed by atoms with Crippen molar-refractivity contribution in [3.05, 3.63) is 52.3 Å². The molecule has 0 atom stereocenters. The Labute approximate surface area is 125 Å². The van der Waals surface area contributed by atoms with Crippen molar-refractivity contribution in [3.63, 3.8) is 0 Å². The van der Waals surface area contributed by atoms with Crippen LogP contribution in [0.15, 0.2) is 41.8 Å². The third-order valence-electron chi connectivity index (χ3n) is 3.30. The molecule has 2 amide bonds. The maximum absolute atomic E-state index is 12.0. The van der Waals surface area contributed by atoms with Gasteiger partial charge in [-0.25, -0.2) is 0 Å². The Bertz CT molecular complexity index is 834. The number of rotatable bonds is 3. The number of hydrogen-bond acceptors (Lipinski definition) is 3. The number of nitrogens with zero attached hydrogens (tertiary/aromatic N) is 1.